The summed E-state index contributed by atoms with van der Waals surface area (Å²) in [5, 5.41) is 18.6. The monoisotopic (exact) mass is 164 g/mol. The average Bonchev–Trinajstić information content (AvgIpc) is 1.88. The Balaban J connectivity index is -0.0000000300. The number of hydrogen-bond acceptors (Lipinski definition) is 2. The Morgan fingerprint density at radius 2 is 1.00 bits per heavy atom. The van der Waals surface area contributed by atoms with Crippen LogP contribution >= 0.6 is 0 Å². The average molecular weight is 164 g/mol. The zero-order chi connectivity index (χ0) is 6.83. The Kier molecular flexibility index (Phi) is 69.1. The predicted octanol–water partition coefficient (Wildman–Crippen LogP) is -6.48. The first kappa shape index (κ1) is 22.7. The van der Waals surface area contributed by atoms with Gasteiger partial charge >= 0.3 is 70.2 Å². The Morgan fingerprint density at radius 1 is 0.900 bits per heavy atom. The first-order valence-electron chi connectivity index (χ1n) is 2.99. The molecule has 0 aromatic rings. The van der Waals surface area contributed by atoms with Crippen LogP contribution < -0.4 is 80.5 Å². The van der Waals surface area contributed by atoms with Gasteiger partial charge < -0.3 is 10.2 Å². The molecular weight excluding hydrogens is 150 g/mol. The Labute approximate surface area is 118 Å². The molecule has 0 fully saturated rings. The number of hydrogen-bond donors (Lipinski definition) is 0. The molecule has 0 saturated carbocycles. The fraction of sp³-hybridized carbons (Fsp3) is 1.00. The normalized spacial score (nSPS) is 6.00. The van der Waals surface area contributed by atoms with Crippen LogP contribution in [-0.2, 0) is 0 Å². The smallest absolute Gasteiger partial charge is 0.854 e. The minimum absolute atomic E-state index is 0. The van der Waals surface area contributed by atoms with E-state index in [9.17, 15) is 10.2 Å². The van der Waals surface area contributed by atoms with Crippen molar-refractivity contribution in [2.75, 3.05) is 13.2 Å². The molecule has 0 spiro atoms. The minimum atomic E-state index is 0. The third-order valence-corrected chi connectivity index (χ3v) is 0.408. The van der Waals surface area contributed by atoms with E-state index in [0.717, 1.165) is 12.8 Å². The maximum absolute atomic E-state index is 9.30. The van der Waals surface area contributed by atoms with E-state index in [2.05, 4.69) is 0 Å². The van der Waals surface area contributed by atoms with Gasteiger partial charge in [0, 0.05) is 0 Å². The zero-order valence-corrected chi connectivity index (χ0v) is 10.8. The van der Waals surface area contributed by atoms with Crippen molar-refractivity contribution in [2.45, 2.75) is 26.7 Å². The quantitative estimate of drug-likeness (QED) is 0.381. The molecule has 10 heavy (non-hydrogen) atoms. The van der Waals surface area contributed by atoms with Gasteiger partial charge in [0.1, 0.15) is 0 Å². The molecule has 52 valence electrons. The summed E-state index contributed by atoms with van der Waals surface area (Å²) in [7, 11) is 0. The van der Waals surface area contributed by atoms with Crippen molar-refractivity contribution in [3.63, 3.8) is 0 Å². The van der Waals surface area contributed by atoms with Crippen molar-refractivity contribution in [1.29, 1.82) is 0 Å². The van der Waals surface area contributed by atoms with Gasteiger partial charge in [0.25, 0.3) is 0 Å². The van der Waals surface area contributed by atoms with Gasteiger partial charge in [0.2, 0.25) is 0 Å². The largest absolute Gasteiger partial charge is 1.00 e. The van der Waals surface area contributed by atoms with E-state index in [-0.39, 0.29) is 83.5 Å². The fourth-order valence-electron chi connectivity index (χ4n) is 0. The summed E-state index contributed by atoms with van der Waals surface area (Å²) >= 11 is 0. The van der Waals surface area contributed by atoms with E-state index in [1.165, 1.54) is 0 Å². The predicted molar refractivity (Wildman–Crippen MR) is 30.3 cm³/mol. The van der Waals surface area contributed by atoms with Gasteiger partial charge in [-0.2, -0.15) is 0 Å². The molecule has 0 bridgehead atoms. The molecule has 0 heterocycles. The van der Waals surface area contributed by atoms with Crippen LogP contribution in [0.1, 0.15) is 26.7 Å². The third-order valence-electron chi connectivity index (χ3n) is 0.408. The van der Waals surface area contributed by atoms with E-state index in [1.807, 2.05) is 13.8 Å². The van der Waals surface area contributed by atoms with Gasteiger partial charge in [-0.3, -0.25) is 0 Å². The first-order chi connectivity index (χ1) is 3.83. The molecule has 0 aromatic carbocycles. The molecule has 0 radical (unpaired) electrons. The van der Waals surface area contributed by atoms with E-state index in [1.54, 1.807) is 0 Å². The van der Waals surface area contributed by atoms with Crippen LogP contribution in [0.25, 0.3) is 0 Å². The second-order valence-electron chi connectivity index (χ2n) is 1.41. The summed E-state index contributed by atoms with van der Waals surface area (Å²) in [5.74, 6) is 0. The molecule has 0 amide bonds. The minimum Gasteiger partial charge on any atom is -0.854 e. The van der Waals surface area contributed by atoms with Crippen LogP contribution in [0.15, 0.2) is 0 Å². The Bertz CT molecular complexity index is 23.7. The fourth-order valence-corrected chi connectivity index (χ4v) is 0. The summed E-state index contributed by atoms with van der Waals surface area (Å²) in [4.78, 5) is 0. The summed E-state index contributed by atoms with van der Waals surface area (Å²) in [6.45, 7) is 3.88. The van der Waals surface area contributed by atoms with Crippen molar-refractivity contribution >= 4 is 0 Å². The molecule has 0 aliphatic rings. The molecule has 0 aliphatic carbocycles. The van der Waals surface area contributed by atoms with Crippen molar-refractivity contribution < 1.29 is 80.5 Å². The molecular formula is C6H14KLiO2. The molecule has 2 nitrogen and oxygen atoms in total. The molecule has 4 heteroatoms. The van der Waals surface area contributed by atoms with Crippen molar-refractivity contribution in [1.82, 2.24) is 0 Å². The van der Waals surface area contributed by atoms with E-state index >= 15 is 0 Å². The summed E-state index contributed by atoms with van der Waals surface area (Å²) in [6, 6.07) is 0. The van der Waals surface area contributed by atoms with E-state index in [4.69, 9.17) is 0 Å². The van der Waals surface area contributed by atoms with Crippen molar-refractivity contribution in [3.05, 3.63) is 0 Å². The van der Waals surface area contributed by atoms with Crippen LogP contribution in [0.3, 0.4) is 0 Å². The Hall–Kier alpha value is 2.15. The van der Waals surface area contributed by atoms with Gasteiger partial charge in [-0.25, -0.2) is 0 Å². The maximum atomic E-state index is 9.30. The second kappa shape index (κ2) is 30.4. The number of rotatable bonds is 2. The topological polar surface area (TPSA) is 46.1 Å². The van der Waals surface area contributed by atoms with Gasteiger partial charge in [0.15, 0.2) is 0 Å². The van der Waals surface area contributed by atoms with E-state index in [0.29, 0.717) is 0 Å². The first-order valence-corrected chi connectivity index (χ1v) is 2.99. The Morgan fingerprint density at radius 3 is 1.00 bits per heavy atom. The summed E-state index contributed by atoms with van der Waals surface area (Å²) < 4.78 is 0. The molecule has 0 saturated heterocycles. The van der Waals surface area contributed by atoms with Crippen molar-refractivity contribution in [3.8, 4) is 0 Å². The van der Waals surface area contributed by atoms with Crippen LogP contribution in [0.2, 0.25) is 0 Å². The van der Waals surface area contributed by atoms with Crippen LogP contribution in [0.4, 0.5) is 0 Å². The standard InChI is InChI=1S/2C3H7O.K.Li/c2*1-2-3-4;;/h2*2-3H2,1H3;;/q2*-1;2*+1. The maximum Gasteiger partial charge on any atom is 1.00 e. The zero-order valence-electron chi connectivity index (χ0n) is 7.64. The molecule has 0 rings (SSSR count). The van der Waals surface area contributed by atoms with Gasteiger partial charge in [-0.1, -0.05) is 26.7 Å². The van der Waals surface area contributed by atoms with Gasteiger partial charge in [-0.15, -0.1) is 13.2 Å². The van der Waals surface area contributed by atoms with E-state index < -0.39 is 0 Å². The van der Waals surface area contributed by atoms with Crippen molar-refractivity contribution in [2.24, 2.45) is 0 Å². The van der Waals surface area contributed by atoms with Gasteiger partial charge in [0.05, 0.1) is 0 Å². The molecule has 0 N–H and O–H groups in total. The van der Waals surface area contributed by atoms with Gasteiger partial charge in [-0.05, 0) is 0 Å². The second-order valence-corrected chi connectivity index (χ2v) is 1.41. The van der Waals surface area contributed by atoms with Crippen LogP contribution in [0.5, 0.6) is 0 Å². The summed E-state index contributed by atoms with van der Waals surface area (Å²) in [6.07, 6.45) is 1.53. The van der Waals surface area contributed by atoms with Crippen LogP contribution in [-0.4, -0.2) is 13.2 Å². The molecule has 0 aliphatic heterocycles. The molecule has 0 atom stereocenters. The SMILES string of the molecule is CCC[O-].CCC[O-].[K+].[Li+]. The molecule has 0 unspecified atom stereocenters. The third kappa shape index (κ3) is 49.3. The van der Waals surface area contributed by atoms with Crippen LogP contribution in [0, 0.1) is 0 Å². The molecule has 0 aromatic heterocycles. The summed E-state index contributed by atoms with van der Waals surface area (Å²) in [5.41, 5.74) is 0.